The molecule has 0 bridgehead atoms. The van der Waals surface area contributed by atoms with Crippen LogP contribution in [0, 0.1) is 5.92 Å². The van der Waals surface area contributed by atoms with Crippen molar-refractivity contribution >= 4 is 0 Å². The zero-order valence-electron chi connectivity index (χ0n) is 4.53. The maximum absolute atomic E-state index is 11.4. The van der Waals surface area contributed by atoms with Crippen molar-refractivity contribution in [2.75, 3.05) is 0 Å². The van der Waals surface area contributed by atoms with Crippen molar-refractivity contribution in [3.8, 4) is 0 Å². The molecule has 8 heavy (non-hydrogen) atoms. The molecule has 1 saturated carbocycles. The molecule has 1 rings (SSSR count). The molecule has 1 fully saturated rings. The van der Waals surface area contributed by atoms with Gasteiger partial charge in [-0.2, -0.15) is 8.78 Å². The van der Waals surface area contributed by atoms with Crippen molar-refractivity contribution in [3.63, 3.8) is 0 Å². The Hall–Kier alpha value is -0.400. The molecular formula is C6H8F2. The van der Waals surface area contributed by atoms with Crippen LogP contribution in [0.3, 0.4) is 0 Å². The van der Waals surface area contributed by atoms with E-state index in [4.69, 9.17) is 0 Å². The van der Waals surface area contributed by atoms with Gasteiger partial charge in [0.25, 0.3) is 6.08 Å². The van der Waals surface area contributed by atoms with Gasteiger partial charge in [-0.1, -0.05) is 6.42 Å². The molecule has 46 valence electrons. The first-order valence-electron chi connectivity index (χ1n) is 2.82. The molecular weight excluding hydrogens is 110 g/mol. The van der Waals surface area contributed by atoms with Gasteiger partial charge in [0.15, 0.2) is 0 Å². The summed E-state index contributed by atoms with van der Waals surface area (Å²) in [5, 5.41) is 0. The van der Waals surface area contributed by atoms with Gasteiger partial charge in [0.1, 0.15) is 0 Å². The molecule has 0 aromatic heterocycles. The Kier molecular flexibility index (Phi) is 1.61. The zero-order chi connectivity index (χ0) is 5.98. The van der Waals surface area contributed by atoms with E-state index in [-0.39, 0.29) is 5.92 Å². The summed E-state index contributed by atoms with van der Waals surface area (Å²) in [6.07, 6.45) is 2.57. The minimum Gasteiger partial charge on any atom is -0.174 e. The Morgan fingerprint density at radius 1 is 1.38 bits per heavy atom. The summed E-state index contributed by atoms with van der Waals surface area (Å²) in [5.41, 5.74) is 0. The van der Waals surface area contributed by atoms with E-state index >= 15 is 0 Å². The van der Waals surface area contributed by atoms with Crippen LogP contribution in [0.2, 0.25) is 0 Å². The highest BCUT2D eigenvalue weighted by molar-refractivity contribution is 4.91. The fraction of sp³-hybridized carbons (Fsp3) is 0.667. The van der Waals surface area contributed by atoms with Crippen molar-refractivity contribution in [1.29, 1.82) is 0 Å². The van der Waals surface area contributed by atoms with E-state index in [1.54, 1.807) is 0 Å². The fourth-order valence-corrected chi connectivity index (χ4v) is 0.785. The van der Waals surface area contributed by atoms with Gasteiger partial charge < -0.3 is 0 Å². The van der Waals surface area contributed by atoms with Crippen LogP contribution >= 0.6 is 0 Å². The molecule has 0 aromatic carbocycles. The second kappa shape index (κ2) is 2.25. The van der Waals surface area contributed by atoms with E-state index in [1.165, 1.54) is 0 Å². The van der Waals surface area contributed by atoms with Crippen LogP contribution in [0.1, 0.15) is 19.3 Å². The topological polar surface area (TPSA) is 0 Å². The summed E-state index contributed by atoms with van der Waals surface area (Å²) < 4.78 is 22.7. The zero-order valence-corrected chi connectivity index (χ0v) is 4.53. The third kappa shape index (κ3) is 1.29. The van der Waals surface area contributed by atoms with E-state index < -0.39 is 6.08 Å². The highest BCUT2D eigenvalue weighted by atomic mass is 19.3. The number of rotatable bonds is 1. The monoisotopic (exact) mass is 118 g/mol. The lowest BCUT2D eigenvalue weighted by molar-refractivity contribution is 0.351. The van der Waals surface area contributed by atoms with Crippen LogP contribution in [0.4, 0.5) is 8.78 Å². The first-order chi connectivity index (χ1) is 3.79. The standard InChI is InChI=1S/C6H8F2/c7-6(8)4-5-2-1-3-5/h4-5H,1-3H2. The van der Waals surface area contributed by atoms with Gasteiger partial charge >= 0.3 is 0 Å². The summed E-state index contributed by atoms with van der Waals surface area (Å²) >= 11 is 0. The van der Waals surface area contributed by atoms with Crippen LogP contribution in [-0.4, -0.2) is 0 Å². The number of hydrogen-bond donors (Lipinski definition) is 0. The van der Waals surface area contributed by atoms with E-state index in [1.807, 2.05) is 0 Å². The van der Waals surface area contributed by atoms with Crippen LogP contribution in [0.25, 0.3) is 0 Å². The Morgan fingerprint density at radius 2 is 2.00 bits per heavy atom. The summed E-state index contributed by atoms with van der Waals surface area (Å²) in [6, 6.07) is 0. The molecule has 0 aliphatic heterocycles. The predicted octanol–water partition coefficient (Wildman–Crippen LogP) is 2.57. The summed E-state index contributed by atoms with van der Waals surface area (Å²) in [4.78, 5) is 0. The second-order valence-corrected chi connectivity index (χ2v) is 2.15. The molecule has 0 radical (unpaired) electrons. The molecule has 0 heterocycles. The maximum Gasteiger partial charge on any atom is 0.266 e. The van der Waals surface area contributed by atoms with Gasteiger partial charge in [-0.25, -0.2) is 0 Å². The smallest absolute Gasteiger partial charge is 0.174 e. The maximum atomic E-state index is 11.4. The molecule has 1 aliphatic rings. The summed E-state index contributed by atoms with van der Waals surface area (Å²) in [6.45, 7) is 0. The quantitative estimate of drug-likeness (QED) is 0.496. The third-order valence-electron chi connectivity index (χ3n) is 1.51. The van der Waals surface area contributed by atoms with Gasteiger partial charge in [0.2, 0.25) is 0 Å². The number of hydrogen-bond acceptors (Lipinski definition) is 0. The summed E-state index contributed by atoms with van der Waals surface area (Å²) in [5.74, 6) is 0.194. The average Bonchev–Trinajstić information content (AvgIpc) is 1.55. The Balaban J connectivity index is 2.27. The minimum absolute atomic E-state index is 0.194. The predicted molar refractivity (Wildman–Crippen MR) is 27.6 cm³/mol. The third-order valence-corrected chi connectivity index (χ3v) is 1.51. The van der Waals surface area contributed by atoms with E-state index in [2.05, 4.69) is 0 Å². The van der Waals surface area contributed by atoms with E-state index in [9.17, 15) is 8.78 Å². The van der Waals surface area contributed by atoms with Gasteiger partial charge in [-0.15, -0.1) is 0 Å². The second-order valence-electron chi connectivity index (χ2n) is 2.15. The molecule has 0 aromatic rings. The lowest BCUT2D eigenvalue weighted by atomic mass is 9.86. The van der Waals surface area contributed by atoms with Crippen molar-refractivity contribution in [1.82, 2.24) is 0 Å². The molecule has 0 unspecified atom stereocenters. The lowest BCUT2D eigenvalue weighted by Crippen LogP contribution is -2.07. The van der Waals surface area contributed by atoms with E-state index in [0.29, 0.717) is 0 Å². The van der Waals surface area contributed by atoms with Crippen LogP contribution in [0.15, 0.2) is 12.2 Å². The lowest BCUT2D eigenvalue weighted by Gasteiger charge is -2.20. The molecule has 0 N–H and O–H groups in total. The van der Waals surface area contributed by atoms with Crippen molar-refractivity contribution in [2.45, 2.75) is 19.3 Å². The highest BCUT2D eigenvalue weighted by Crippen LogP contribution is 2.28. The molecule has 0 spiro atoms. The molecule has 1 aliphatic carbocycles. The first kappa shape index (κ1) is 5.73. The van der Waals surface area contributed by atoms with Gasteiger partial charge in [0, 0.05) is 0 Å². The van der Waals surface area contributed by atoms with Gasteiger partial charge in [-0.05, 0) is 24.8 Å². The van der Waals surface area contributed by atoms with Crippen molar-refractivity contribution in [3.05, 3.63) is 12.2 Å². The normalized spacial score (nSPS) is 19.8. The Bertz CT molecular complexity index is 99.1. The Labute approximate surface area is 47.2 Å². The average molecular weight is 118 g/mol. The fourth-order valence-electron chi connectivity index (χ4n) is 0.785. The summed E-state index contributed by atoms with van der Waals surface area (Å²) in [7, 11) is 0. The minimum atomic E-state index is -1.52. The molecule has 0 saturated heterocycles. The number of halogens is 2. The van der Waals surface area contributed by atoms with Crippen LogP contribution < -0.4 is 0 Å². The van der Waals surface area contributed by atoms with Crippen LogP contribution in [0.5, 0.6) is 0 Å². The van der Waals surface area contributed by atoms with Gasteiger partial charge in [-0.3, -0.25) is 0 Å². The molecule has 2 heteroatoms. The van der Waals surface area contributed by atoms with Crippen LogP contribution in [-0.2, 0) is 0 Å². The number of allylic oxidation sites excluding steroid dienone is 1. The SMILES string of the molecule is FC(F)=CC1CCC1. The van der Waals surface area contributed by atoms with Gasteiger partial charge in [0.05, 0.1) is 0 Å². The molecule has 0 atom stereocenters. The Morgan fingerprint density at radius 3 is 2.12 bits per heavy atom. The first-order valence-corrected chi connectivity index (χ1v) is 2.82. The van der Waals surface area contributed by atoms with Crippen molar-refractivity contribution < 1.29 is 8.78 Å². The van der Waals surface area contributed by atoms with Crippen molar-refractivity contribution in [2.24, 2.45) is 5.92 Å². The molecule has 0 nitrogen and oxygen atoms in total. The largest absolute Gasteiger partial charge is 0.266 e. The van der Waals surface area contributed by atoms with E-state index in [0.717, 1.165) is 25.3 Å². The highest BCUT2D eigenvalue weighted by Gasteiger charge is 2.15. The molecule has 0 amide bonds.